The molecule has 1 aliphatic heterocycles. The fourth-order valence-electron chi connectivity index (χ4n) is 3.31. The van der Waals surface area contributed by atoms with Gasteiger partial charge in [0.25, 0.3) is 0 Å². The van der Waals surface area contributed by atoms with Gasteiger partial charge in [-0.15, -0.1) is 0 Å². The molecule has 5 nitrogen and oxygen atoms in total. The number of rotatable bonds is 5. The molecule has 3 rings (SSSR count). The Kier molecular flexibility index (Phi) is 4.83. The molecule has 24 heavy (non-hydrogen) atoms. The molecule has 2 aliphatic rings. The van der Waals surface area contributed by atoms with Crippen LogP contribution in [0, 0.1) is 5.92 Å². The number of hydrogen-bond acceptors (Lipinski definition) is 4. The van der Waals surface area contributed by atoms with Crippen LogP contribution in [0.4, 0.5) is 0 Å². The summed E-state index contributed by atoms with van der Waals surface area (Å²) in [5.41, 5.74) is -0.692. The largest absolute Gasteiger partial charge is 0.461 e. The van der Waals surface area contributed by atoms with Crippen molar-refractivity contribution in [3.63, 3.8) is 0 Å². The van der Waals surface area contributed by atoms with Gasteiger partial charge >= 0.3 is 0 Å². The van der Waals surface area contributed by atoms with E-state index in [-0.39, 0.29) is 5.91 Å². The van der Waals surface area contributed by atoms with Gasteiger partial charge in [0.15, 0.2) is 0 Å². The quantitative estimate of drug-likeness (QED) is 0.841. The topological polar surface area (TPSA) is 56.9 Å². The molecule has 0 aromatic carbocycles. The molecule has 132 valence electrons. The average Bonchev–Trinajstić information content (AvgIpc) is 3.06. The van der Waals surface area contributed by atoms with E-state index < -0.39 is 5.60 Å². The van der Waals surface area contributed by atoms with Gasteiger partial charge in [0.05, 0.1) is 5.60 Å². The van der Waals surface area contributed by atoms with E-state index in [9.17, 15) is 9.90 Å². The molecule has 1 amide bonds. The molecule has 2 heterocycles. The monoisotopic (exact) mass is 332 g/mol. The van der Waals surface area contributed by atoms with Gasteiger partial charge in [-0.05, 0) is 44.4 Å². The van der Waals surface area contributed by atoms with E-state index in [1.807, 2.05) is 30.9 Å². The first-order valence-corrected chi connectivity index (χ1v) is 8.83. The summed E-state index contributed by atoms with van der Waals surface area (Å²) in [6, 6.07) is 3.96. The van der Waals surface area contributed by atoms with Crippen LogP contribution in [0.3, 0.4) is 0 Å². The Hall–Kier alpha value is -1.59. The van der Waals surface area contributed by atoms with Gasteiger partial charge in [-0.25, -0.2) is 0 Å². The Bertz CT molecular complexity index is 606. The van der Waals surface area contributed by atoms with E-state index in [1.165, 1.54) is 6.42 Å². The Morgan fingerprint density at radius 3 is 2.58 bits per heavy atom. The highest BCUT2D eigenvalue weighted by molar-refractivity contribution is 5.91. The second-order valence-electron chi connectivity index (χ2n) is 7.81. The highest BCUT2D eigenvalue weighted by atomic mass is 16.3. The first-order valence-electron chi connectivity index (χ1n) is 8.83. The summed E-state index contributed by atoms with van der Waals surface area (Å²) in [6.07, 6.45) is 4.57. The average molecular weight is 332 g/mol. The summed E-state index contributed by atoms with van der Waals surface area (Å²) in [5, 5.41) is 9.87. The number of piperazine rings is 1. The van der Waals surface area contributed by atoms with E-state index in [1.54, 1.807) is 12.2 Å². The molecule has 1 aromatic heterocycles. The standard InChI is InChI=1S/C19H28N2O3/c1-14-12-16(14)17-6-4-15(24-17)5-7-18(22)21-10-8-20(9-11-21)13-19(2,3)23/h4-7,14,16,23H,8-13H2,1-3H3/b7-5+. The molecule has 1 saturated carbocycles. The van der Waals surface area contributed by atoms with Crippen molar-refractivity contribution in [2.75, 3.05) is 32.7 Å². The lowest BCUT2D eigenvalue weighted by molar-refractivity contribution is -0.128. The van der Waals surface area contributed by atoms with Crippen molar-refractivity contribution in [3.05, 3.63) is 29.7 Å². The summed E-state index contributed by atoms with van der Waals surface area (Å²) in [4.78, 5) is 16.3. The second kappa shape index (κ2) is 6.73. The Morgan fingerprint density at radius 1 is 1.33 bits per heavy atom. The Balaban J connectivity index is 1.48. The van der Waals surface area contributed by atoms with E-state index >= 15 is 0 Å². The molecule has 5 heteroatoms. The molecule has 0 radical (unpaired) electrons. The maximum absolute atomic E-state index is 12.3. The number of hydrogen-bond donors (Lipinski definition) is 1. The summed E-state index contributed by atoms with van der Waals surface area (Å²) < 4.78 is 5.79. The van der Waals surface area contributed by atoms with Gasteiger partial charge in [-0.2, -0.15) is 0 Å². The molecular weight excluding hydrogens is 304 g/mol. The van der Waals surface area contributed by atoms with E-state index in [0.717, 1.165) is 30.5 Å². The molecule has 1 N–H and O–H groups in total. The maximum Gasteiger partial charge on any atom is 0.246 e. The van der Waals surface area contributed by atoms with Crippen LogP contribution in [0.2, 0.25) is 0 Å². The van der Waals surface area contributed by atoms with Crippen LogP contribution < -0.4 is 0 Å². The second-order valence-corrected chi connectivity index (χ2v) is 7.81. The third kappa shape index (κ3) is 4.48. The SMILES string of the molecule is CC1CC1c1ccc(/C=C/C(=O)N2CCN(CC(C)(C)O)CC2)o1. The van der Waals surface area contributed by atoms with Crippen molar-refractivity contribution in [1.82, 2.24) is 9.80 Å². The Labute approximate surface area is 143 Å². The third-order valence-corrected chi connectivity index (χ3v) is 4.81. The van der Waals surface area contributed by atoms with Gasteiger partial charge < -0.3 is 14.4 Å². The fourth-order valence-corrected chi connectivity index (χ4v) is 3.31. The highest BCUT2D eigenvalue weighted by Crippen LogP contribution is 2.47. The van der Waals surface area contributed by atoms with E-state index in [4.69, 9.17) is 4.42 Å². The lowest BCUT2D eigenvalue weighted by Gasteiger charge is -2.36. The first-order chi connectivity index (χ1) is 11.3. The van der Waals surface area contributed by atoms with Crippen molar-refractivity contribution in [2.45, 2.75) is 38.7 Å². The number of carbonyl (C=O) groups is 1. The minimum atomic E-state index is -0.692. The number of amides is 1. The minimum Gasteiger partial charge on any atom is -0.461 e. The number of furan rings is 1. The van der Waals surface area contributed by atoms with Gasteiger partial charge in [0.2, 0.25) is 5.91 Å². The van der Waals surface area contributed by atoms with Gasteiger partial charge in [-0.1, -0.05) is 6.92 Å². The molecule has 1 saturated heterocycles. The zero-order chi connectivity index (χ0) is 17.3. The highest BCUT2D eigenvalue weighted by Gasteiger charge is 2.36. The predicted molar refractivity (Wildman–Crippen MR) is 93.6 cm³/mol. The zero-order valence-corrected chi connectivity index (χ0v) is 14.9. The van der Waals surface area contributed by atoms with Crippen molar-refractivity contribution < 1.29 is 14.3 Å². The first kappa shape index (κ1) is 17.2. The minimum absolute atomic E-state index is 0.0237. The molecule has 2 unspecified atom stereocenters. The van der Waals surface area contributed by atoms with Crippen LogP contribution in [0.15, 0.2) is 22.6 Å². The van der Waals surface area contributed by atoms with Gasteiger partial charge in [-0.3, -0.25) is 9.69 Å². The van der Waals surface area contributed by atoms with Gasteiger partial charge in [0.1, 0.15) is 11.5 Å². The van der Waals surface area contributed by atoms with Crippen LogP contribution in [-0.4, -0.2) is 59.1 Å². The smallest absolute Gasteiger partial charge is 0.246 e. The molecule has 2 atom stereocenters. The summed E-state index contributed by atoms with van der Waals surface area (Å²) in [7, 11) is 0. The van der Waals surface area contributed by atoms with Crippen LogP contribution in [-0.2, 0) is 4.79 Å². The summed E-state index contributed by atoms with van der Waals surface area (Å²) in [6.45, 7) is 9.48. The summed E-state index contributed by atoms with van der Waals surface area (Å²) >= 11 is 0. The molecule has 0 bridgehead atoms. The normalized spacial score (nSPS) is 25.4. The van der Waals surface area contributed by atoms with Crippen molar-refractivity contribution in [3.8, 4) is 0 Å². The van der Waals surface area contributed by atoms with Crippen molar-refractivity contribution in [2.24, 2.45) is 5.92 Å². The van der Waals surface area contributed by atoms with Crippen LogP contribution in [0.25, 0.3) is 6.08 Å². The molecule has 0 spiro atoms. The molecular formula is C19H28N2O3. The van der Waals surface area contributed by atoms with Crippen molar-refractivity contribution >= 4 is 12.0 Å². The summed E-state index contributed by atoms with van der Waals surface area (Å²) in [5.74, 6) is 3.09. The molecule has 2 fully saturated rings. The van der Waals surface area contributed by atoms with E-state index in [2.05, 4.69) is 11.8 Å². The van der Waals surface area contributed by atoms with Gasteiger partial charge in [0, 0.05) is 44.7 Å². The molecule has 1 aliphatic carbocycles. The zero-order valence-electron chi connectivity index (χ0n) is 14.9. The number of β-amino-alcohol motifs (C(OH)–C–C–N with tert-alkyl or cyclic N) is 1. The van der Waals surface area contributed by atoms with Crippen LogP contribution >= 0.6 is 0 Å². The maximum atomic E-state index is 12.3. The lowest BCUT2D eigenvalue weighted by Crippen LogP contribution is -2.51. The lowest BCUT2D eigenvalue weighted by atomic mass is 10.1. The predicted octanol–water partition coefficient (Wildman–Crippen LogP) is 2.33. The number of aliphatic hydroxyl groups is 1. The van der Waals surface area contributed by atoms with E-state index in [0.29, 0.717) is 25.6 Å². The fraction of sp³-hybridized carbons (Fsp3) is 0.632. The molecule has 1 aromatic rings. The van der Waals surface area contributed by atoms with Crippen LogP contribution in [0.1, 0.15) is 44.6 Å². The number of carbonyl (C=O) groups excluding carboxylic acids is 1. The van der Waals surface area contributed by atoms with Crippen molar-refractivity contribution in [1.29, 1.82) is 0 Å². The third-order valence-electron chi connectivity index (χ3n) is 4.81. The Morgan fingerprint density at radius 2 is 2.00 bits per heavy atom. The number of nitrogens with zero attached hydrogens (tertiary/aromatic N) is 2. The van der Waals surface area contributed by atoms with Crippen LogP contribution in [0.5, 0.6) is 0 Å².